The zero-order valence-corrected chi connectivity index (χ0v) is 12.5. The van der Waals surface area contributed by atoms with E-state index < -0.39 is 5.91 Å². The van der Waals surface area contributed by atoms with Gasteiger partial charge in [0.15, 0.2) is 0 Å². The first kappa shape index (κ1) is 19.3. The van der Waals surface area contributed by atoms with Gasteiger partial charge in [-0.1, -0.05) is 6.58 Å². The number of ether oxygens (including phenoxy) is 1. The van der Waals surface area contributed by atoms with Crippen LogP contribution in [-0.2, 0) is 9.53 Å². The lowest BCUT2D eigenvalue weighted by Gasteiger charge is -2.19. The molecule has 0 aliphatic carbocycles. The van der Waals surface area contributed by atoms with E-state index in [0.717, 1.165) is 13.0 Å². The maximum atomic E-state index is 10.7. The Morgan fingerprint density at radius 2 is 1.90 bits per heavy atom. The average Bonchev–Trinajstić information content (AvgIpc) is 3.23. The Balaban J connectivity index is 0.000000595. The molecule has 1 atom stereocenters. The molecule has 0 saturated carbocycles. The number of primary amides is 1. The number of nitrogens with zero attached hydrogens (tertiary/aromatic N) is 1. The third kappa shape index (κ3) is 11.2. The normalized spacial score (nSPS) is 16.5. The minimum absolute atomic E-state index is 0.0662. The molecule has 1 heterocycles. The molecule has 0 aromatic carbocycles. The van der Waals surface area contributed by atoms with Crippen molar-refractivity contribution in [2.24, 2.45) is 5.73 Å². The summed E-state index contributed by atoms with van der Waals surface area (Å²) in [5.74, 6) is 0.200. The van der Waals surface area contributed by atoms with Crippen LogP contribution < -0.4 is 5.73 Å². The number of amides is 1. The Kier molecular flexibility index (Phi) is 11.7. The number of hydrogen-bond acceptors (Lipinski definition) is 5. The summed E-state index contributed by atoms with van der Waals surface area (Å²) in [4.78, 5) is 12.6. The van der Waals surface area contributed by atoms with Crippen molar-refractivity contribution in [1.82, 2.24) is 4.90 Å². The van der Waals surface area contributed by atoms with Crippen LogP contribution in [-0.4, -0.2) is 72.5 Å². The van der Waals surface area contributed by atoms with Gasteiger partial charge >= 0.3 is 0 Å². The lowest BCUT2D eigenvalue weighted by molar-refractivity contribution is -0.114. The highest BCUT2D eigenvalue weighted by atomic mass is 35.5. The molecule has 20 heavy (non-hydrogen) atoms. The Labute approximate surface area is 125 Å². The van der Waals surface area contributed by atoms with Crippen LogP contribution in [0.3, 0.4) is 0 Å². The fourth-order valence-corrected chi connectivity index (χ4v) is 1.59. The van der Waals surface area contributed by atoms with Crippen molar-refractivity contribution in [2.45, 2.75) is 18.9 Å². The van der Waals surface area contributed by atoms with Gasteiger partial charge in [-0.05, 0) is 19.4 Å². The van der Waals surface area contributed by atoms with E-state index in [4.69, 9.17) is 32.3 Å². The van der Waals surface area contributed by atoms with E-state index in [1.807, 2.05) is 4.90 Å². The zero-order chi connectivity index (χ0) is 15.4. The van der Waals surface area contributed by atoms with Gasteiger partial charge in [-0.15, -0.1) is 11.6 Å². The highest BCUT2D eigenvalue weighted by molar-refractivity contribution is 6.18. The summed E-state index contributed by atoms with van der Waals surface area (Å²) in [6.07, 6.45) is 1.71. The summed E-state index contributed by atoms with van der Waals surface area (Å²) in [7, 11) is 0. The first-order valence-electron chi connectivity index (χ1n) is 6.64. The number of halogens is 1. The van der Waals surface area contributed by atoms with E-state index in [0.29, 0.717) is 43.6 Å². The highest BCUT2D eigenvalue weighted by Gasteiger charge is 2.19. The van der Waals surface area contributed by atoms with E-state index in [2.05, 4.69) is 6.58 Å². The van der Waals surface area contributed by atoms with Gasteiger partial charge in [0, 0.05) is 18.7 Å². The second kappa shape index (κ2) is 12.1. The van der Waals surface area contributed by atoms with Crippen LogP contribution in [0.2, 0.25) is 0 Å². The van der Waals surface area contributed by atoms with Crippen LogP contribution in [0.15, 0.2) is 12.2 Å². The number of nitrogens with two attached hydrogens (primary N) is 1. The van der Waals surface area contributed by atoms with Crippen molar-refractivity contribution in [1.29, 1.82) is 0 Å². The molecule has 1 rings (SSSR count). The number of hydrogen-bond donors (Lipinski definition) is 3. The number of epoxide rings is 1. The van der Waals surface area contributed by atoms with Crippen molar-refractivity contribution in [2.75, 3.05) is 45.3 Å². The third-order valence-electron chi connectivity index (χ3n) is 2.71. The Morgan fingerprint density at radius 1 is 1.35 bits per heavy atom. The smallest absolute Gasteiger partial charge is 0.244 e. The maximum absolute atomic E-state index is 10.7. The molecule has 6 nitrogen and oxygen atoms in total. The molecule has 1 aliphatic rings. The SMILES string of the molecule is C=C(CCCN(CCO)CCO)C(N)=O.ClCC1CO1. The number of aliphatic hydroxyl groups is 2. The molecule has 1 fully saturated rings. The minimum atomic E-state index is -0.467. The molecule has 0 spiro atoms. The fraction of sp³-hybridized carbons (Fsp3) is 0.769. The molecular formula is C13H25ClN2O4. The maximum Gasteiger partial charge on any atom is 0.244 e. The lowest BCUT2D eigenvalue weighted by Crippen LogP contribution is -2.31. The van der Waals surface area contributed by atoms with Crippen LogP contribution in [0.5, 0.6) is 0 Å². The molecule has 0 bridgehead atoms. The van der Waals surface area contributed by atoms with Gasteiger partial charge in [-0.3, -0.25) is 9.69 Å². The van der Waals surface area contributed by atoms with Crippen molar-refractivity contribution in [3.63, 3.8) is 0 Å². The number of alkyl halides is 1. The van der Waals surface area contributed by atoms with Crippen molar-refractivity contribution in [3.8, 4) is 0 Å². The second-order valence-electron chi connectivity index (χ2n) is 4.47. The predicted molar refractivity (Wildman–Crippen MR) is 78.6 cm³/mol. The van der Waals surface area contributed by atoms with Crippen LogP contribution >= 0.6 is 11.6 Å². The first-order chi connectivity index (χ1) is 9.54. The van der Waals surface area contributed by atoms with Crippen LogP contribution in [0.4, 0.5) is 0 Å². The highest BCUT2D eigenvalue weighted by Crippen LogP contribution is 2.08. The number of aliphatic hydroxyl groups excluding tert-OH is 2. The fourth-order valence-electron chi connectivity index (χ4n) is 1.41. The number of rotatable bonds is 10. The Hall–Kier alpha value is -0.660. The van der Waals surface area contributed by atoms with E-state index in [9.17, 15) is 4.79 Å². The number of carbonyl (C=O) groups excluding carboxylic acids is 1. The average molecular weight is 309 g/mol. The van der Waals surface area contributed by atoms with Gasteiger partial charge in [0.05, 0.1) is 31.8 Å². The number of carbonyl (C=O) groups is 1. The van der Waals surface area contributed by atoms with Gasteiger partial charge in [0.25, 0.3) is 0 Å². The summed E-state index contributed by atoms with van der Waals surface area (Å²) in [6.45, 7) is 6.34. The molecule has 118 valence electrons. The van der Waals surface area contributed by atoms with E-state index in [1.165, 1.54) is 0 Å². The molecule has 7 heteroatoms. The van der Waals surface area contributed by atoms with Crippen molar-refractivity contribution >= 4 is 17.5 Å². The molecule has 1 aliphatic heterocycles. The van der Waals surface area contributed by atoms with E-state index in [-0.39, 0.29) is 13.2 Å². The van der Waals surface area contributed by atoms with Gasteiger partial charge in [0.1, 0.15) is 0 Å². The second-order valence-corrected chi connectivity index (χ2v) is 4.78. The molecule has 4 N–H and O–H groups in total. The van der Waals surface area contributed by atoms with Crippen molar-refractivity contribution < 1.29 is 19.7 Å². The van der Waals surface area contributed by atoms with Gasteiger partial charge in [0.2, 0.25) is 5.91 Å². The lowest BCUT2D eigenvalue weighted by atomic mass is 10.1. The first-order valence-corrected chi connectivity index (χ1v) is 7.17. The molecular weight excluding hydrogens is 284 g/mol. The van der Waals surface area contributed by atoms with Gasteiger partial charge in [-0.2, -0.15) is 0 Å². The van der Waals surface area contributed by atoms with Crippen LogP contribution in [0.1, 0.15) is 12.8 Å². The Bertz CT molecular complexity index is 280. The Morgan fingerprint density at radius 3 is 2.20 bits per heavy atom. The van der Waals surface area contributed by atoms with Gasteiger partial charge < -0.3 is 20.7 Å². The summed E-state index contributed by atoms with van der Waals surface area (Å²) < 4.78 is 4.73. The largest absolute Gasteiger partial charge is 0.395 e. The van der Waals surface area contributed by atoms with Crippen molar-refractivity contribution in [3.05, 3.63) is 12.2 Å². The predicted octanol–water partition coefficient (Wildman–Crippen LogP) is -0.281. The standard InChI is InChI=1S/C10H20N2O3.C3H5ClO/c1-9(10(11)15)3-2-4-12(5-7-13)6-8-14;4-1-3-2-5-3/h13-14H,1-8H2,(H2,11,15);3H,1-2H2. The van der Waals surface area contributed by atoms with E-state index >= 15 is 0 Å². The topological polar surface area (TPSA) is 99.3 Å². The van der Waals surface area contributed by atoms with Crippen LogP contribution in [0, 0.1) is 0 Å². The van der Waals surface area contributed by atoms with Crippen LogP contribution in [0.25, 0.3) is 0 Å². The molecule has 1 amide bonds. The monoisotopic (exact) mass is 308 g/mol. The van der Waals surface area contributed by atoms with E-state index in [1.54, 1.807) is 0 Å². The summed E-state index contributed by atoms with van der Waals surface area (Å²) in [6, 6.07) is 0. The zero-order valence-electron chi connectivity index (χ0n) is 11.8. The molecule has 1 unspecified atom stereocenters. The minimum Gasteiger partial charge on any atom is -0.395 e. The summed E-state index contributed by atoms with van der Waals surface area (Å²) >= 11 is 5.27. The molecule has 1 saturated heterocycles. The quantitative estimate of drug-likeness (QED) is 0.293. The van der Waals surface area contributed by atoms with Gasteiger partial charge in [-0.25, -0.2) is 0 Å². The molecule has 0 radical (unpaired) electrons. The molecule has 0 aromatic heterocycles. The summed E-state index contributed by atoms with van der Waals surface area (Å²) in [5.41, 5.74) is 5.46. The third-order valence-corrected chi connectivity index (χ3v) is 3.05. The molecule has 0 aromatic rings. The summed E-state index contributed by atoms with van der Waals surface area (Å²) in [5, 5.41) is 17.5.